The average Bonchev–Trinajstić information content (AvgIpc) is 2.14. The van der Waals surface area contributed by atoms with Gasteiger partial charge in [0, 0.05) is 17.4 Å². The second-order valence-electron chi connectivity index (χ2n) is 4.88. The first-order valence-electron chi connectivity index (χ1n) is 5.38. The highest BCUT2D eigenvalue weighted by Gasteiger charge is 2.29. The maximum Gasteiger partial charge on any atom is 0.305 e. The molecule has 3 nitrogen and oxygen atoms in total. The predicted octanol–water partition coefficient (Wildman–Crippen LogP) is 3.65. The van der Waals surface area contributed by atoms with Crippen LogP contribution in [0.25, 0.3) is 0 Å². The molecule has 0 saturated carbocycles. The van der Waals surface area contributed by atoms with Gasteiger partial charge in [-0.25, -0.2) is 0 Å². The van der Waals surface area contributed by atoms with Gasteiger partial charge in [-0.1, -0.05) is 38.4 Å². The molecule has 94 valence electrons. The Hall–Kier alpha value is -1.22. The number of halogens is 1. The van der Waals surface area contributed by atoms with Crippen LogP contribution in [-0.4, -0.2) is 12.3 Å². The highest BCUT2D eigenvalue weighted by Crippen LogP contribution is 2.27. The maximum atomic E-state index is 11.0. The average molecular weight is 257 g/mol. The Balaban J connectivity index is 2.83. The van der Waals surface area contributed by atoms with Crippen molar-refractivity contribution in [2.75, 3.05) is 0 Å². The van der Waals surface area contributed by atoms with E-state index in [-0.39, 0.29) is 11.4 Å². The van der Waals surface area contributed by atoms with E-state index in [9.17, 15) is 4.79 Å². The largest absolute Gasteiger partial charge is 0.454 e. The number of benzene rings is 1. The zero-order valence-corrected chi connectivity index (χ0v) is 11.2. The summed E-state index contributed by atoms with van der Waals surface area (Å²) in [5, 5.41) is 0.581. The van der Waals surface area contributed by atoms with Crippen LogP contribution in [0.15, 0.2) is 24.3 Å². The number of rotatable bonds is 3. The number of carbonyl (C=O) groups excluding carboxylic acids is 1. The standard InChI is InChI=1S/C13H17ClO3/c1-9(15)16-12(13(2,3)4)17-11-7-5-6-10(14)8-11/h5-8,12H,1-4H3. The van der Waals surface area contributed by atoms with E-state index < -0.39 is 6.29 Å². The lowest BCUT2D eigenvalue weighted by molar-refractivity contribution is -0.176. The van der Waals surface area contributed by atoms with Gasteiger partial charge in [-0.3, -0.25) is 4.79 Å². The smallest absolute Gasteiger partial charge is 0.305 e. The molecule has 1 aromatic carbocycles. The third kappa shape index (κ3) is 4.65. The number of hydrogen-bond acceptors (Lipinski definition) is 3. The van der Waals surface area contributed by atoms with Crippen LogP contribution in [-0.2, 0) is 9.53 Å². The van der Waals surface area contributed by atoms with Crippen molar-refractivity contribution in [1.82, 2.24) is 0 Å². The van der Waals surface area contributed by atoms with Gasteiger partial charge in [-0.15, -0.1) is 0 Å². The Labute approximate surface area is 107 Å². The highest BCUT2D eigenvalue weighted by atomic mass is 35.5. The molecule has 0 fully saturated rings. The quantitative estimate of drug-likeness (QED) is 0.612. The first-order valence-corrected chi connectivity index (χ1v) is 5.76. The first kappa shape index (κ1) is 13.8. The fraction of sp³-hybridized carbons (Fsp3) is 0.462. The second kappa shape index (κ2) is 5.41. The van der Waals surface area contributed by atoms with Crippen LogP contribution in [0, 0.1) is 5.41 Å². The van der Waals surface area contributed by atoms with Gasteiger partial charge in [-0.05, 0) is 18.2 Å². The van der Waals surface area contributed by atoms with Crippen molar-refractivity contribution in [2.45, 2.75) is 34.0 Å². The summed E-state index contributed by atoms with van der Waals surface area (Å²) in [6, 6.07) is 7.00. The number of esters is 1. The van der Waals surface area contributed by atoms with E-state index in [1.807, 2.05) is 20.8 Å². The molecule has 0 aromatic heterocycles. The van der Waals surface area contributed by atoms with Crippen molar-refractivity contribution in [1.29, 1.82) is 0 Å². The van der Waals surface area contributed by atoms with Gasteiger partial charge < -0.3 is 9.47 Å². The molecule has 0 spiro atoms. The summed E-state index contributed by atoms with van der Waals surface area (Å²) in [5.41, 5.74) is -0.312. The van der Waals surface area contributed by atoms with Crippen molar-refractivity contribution >= 4 is 17.6 Å². The lowest BCUT2D eigenvalue weighted by Crippen LogP contribution is -2.36. The summed E-state index contributed by atoms with van der Waals surface area (Å²) >= 11 is 5.86. The molecule has 0 amide bonds. The van der Waals surface area contributed by atoms with E-state index in [0.717, 1.165) is 0 Å². The molecule has 0 aliphatic rings. The maximum absolute atomic E-state index is 11.0. The van der Waals surface area contributed by atoms with E-state index in [4.69, 9.17) is 21.1 Å². The molecular formula is C13H17ClO3. The van der Waals surface area contributed by atoms with Gasteiger partial charge >= 0.3 is 5.97 Å². The molecule has 0 saturated heterocycles. The van der Waals surface area contributed by atoms with Crippen LogP contribution in [0.2, 0.25) is 5.02 Å². The zero-order chi connectivity index (χ0) is 13.1. The molecule has 0 bridgehead atoms. The Morgan fingerprint density at radius 1 is 1.35 bits per heavy atom. The van der Waals surface area contributed by atoms with Crippen LogP contribution in [0.5, 0.6) is 5.75 Å². The van der Waals surface area contributed by atoms with E-state index in [1.54, 1.807) is 24.3 Å². The van der Waals surface area contributed by atoms with Crippen molar-refractivity contribution in [3.63, 3.8) is 0 Å². The van der Waals surface area contributed by atoms with Crippen molar-refractivity contribution in [3.8, 4) is 5.75 Å². The fourth-order valence-corrected chi connectivity index (χ4v) is 1.37. The zero-order valence-electron chi connectivity index (χ0n) is 10.5. The van der Waals surface area contributed by atoms with Gasteiger partial charge in [0.25, 0.3) is 0 Å². The van der Waals surface area contributed by atoms with Gasteiger partial charge in [0.05, 0.1) is 0 Å². The minimum Gasteiger partial charge on any atom is -0.454 e. The Morgan fingerprint density at radius 3 is 2.47 bits per heavy atom. The van der Waals surface area contributed by atoms with Crippen molar-refractivity contribution < 1.29 is 14.3 Å². The van der Waals surface area contributed by atoms with Crippen LogP contribution in [0.1, 0.15) is 27.7 Å². The molecule has 1 aromatic rings. The predicted molar refractivity (Wildman–Crippen MR) is 67.1 cm³/mol. The molecule has 17 heavy (non-hydrogen) atoms. The van der Waals surface area contributed by atoms with Crippen LogP contribution in [0.4, 0.5) is 0 Å². The molecule has 1 rings (SSSR count). The third-order valence-electron chi connectivity index (χ3n) is 2.02. The summed E-state index contributed by atoms with van der Waals surface area (Å²) in [4.78, 5) is 11.0. The molecule has 0 N–H and O–H groups in total. The summed E-state index contributed by atoms with van der Waals surface area (Å²) < 4.78 is 10.8. The molecule has 0 heterocycles. The molecule has 1 unspecified atom stereocenters. The summed E-state index contributed by atoms with van der Waals surface area (Å²) in [6.07, 6.45) is -0.640. The van der Waals surface area contributed by atoms with Crippen LogP contribution < -0.4 is 4.74 Å². The minimum absolute atomic E-state index is 0.312. The molecular weight excluding hydrogens is 240 g/mol. The van der Waals surface area contributed by atoms with E-state index in [2.05, 4.69) is 0 Å². The SMILES string of the molecule is CC(=O)OC(Oc1cccc(Cl)c1)C(C)(C)C. The molecule has 0 aliphatic heterocycles. The Kier molecular flexibility index (Phi) is 4.40. The summed E-state index contributed by atoms with van der Waals surface area (Å²) in [6.45, 7) is 7.17. The number of carbonyl (C=O) groups is 1. The topological polar surface area (TPSA) is 35.5 Å². The third-order valence-corrected chi connectivity index (χ3v) is 2.25. The highest BCUT2D eigenvalue weighted by molar-refractivity contribution is 6.30. The van der Waals surface area contributed by atoms with Crippen molar-refractivity contribution in [3.05, 3.63) is 29.3 Å². The van der Waals surface area contributed by atoms with E-state index >= 15 is 0 Å². The lowest BCUT2D eigenvalue weighted by atomic mass is 9.96. The Morgan fingerprint density at radius 2 is 2.00 bits per heavy atom. The molecule has 0 radical (unpaired) electrons. The molecule has 0 aliphatic carbocycles. The first-order chi connectivity index (χ1) is 7.79. The molecule has 4 heteroatoms. The van der Waals surface area contributed by atoms with Gasteiger partial charge in [0.1, 0.15) is 5.75 Å². The van der Waals surface area contributed by atoms with Gasteiger partial charge in [-0.2, -0.15) is 0 Å². The van der Waals surface area contributed by atoms with E-state index in [0.29, 0.717) is 10.8 Å². The fourth-order valence-electron chi connectivity index (χ4n) is 1.19. The summed E-state index contributed by atoms with van der Waals surface area (Å²) in [5.74, 6) is 0.214. The van der Waals surface area contributed by atoms with Crippen molar-refractivity contribution in [2.24, 2.45) is 5.41 Å². The van der Waals surface area contributed by atoms with Gasteiger partial charge in [0.2, 0.25) is 6.29 Å². The van der Waals surface area contributed by atoms with E-state index in [1.165, 1.54) is 6.92 Å². The second-order valence-corrected chi connectivity index (χ2v) is 5.32. The number of hydrogen-bond donors (Lipinski definition) is 0. The minimum atomic E-state index is -0.640. The Bertz CT molecular complexity index is 396. The summed E-state index contributed by atoms with van der Waals surface area (Å²) in [7, 11) is 0. The number of ether oxygens (including phenoxy) is 2. The lowest BCUT2D eigenvalue weighted by Gasteiger charge is -2.29. The van der Waals surface area contributed by atoms with Crippen LogP contribution in [0.3, 0.4) is 0 Å². The normalized spacial score (nSPS) is 13.0. The van der Waals surface area contributed by atoms with Crippen LogP contribution >= 0.6 is 11.6 Å². The van der Waals surface area contributed by atoms with Gasteiger partial charge in [0.15, 0.2) is 0 Å². The molecule has 1 atom stereocenters. The monoisotopic (exact) mass is 256 g/mol.